The Balaban J connectivity index is 5.31. The molecular weight excluding hydrogens is 268 g/mol. The van der Waals surface area contributed by atoms with Gasteiger partial charge in [-0.25, -0.2) is 4.79 Å². The molecule has 5 heteroatoms. The minimum absolute atomic E-state index is 0.0379. The van der Waals surface area contributed by atoms with E-state index in [0.29, 0.717) is 5.70 Å². The number of carbonyl (C=O) groups is 2. The van der Waals surface area contributed by atoms with E-state index < -0.39 is 5.97 Å². The average molecular weight is 292 g/mol. The van der Waals surface area contributed by atoms with Crippen LogP contribution < -0.4 is 0 Å². The Bertz CT molecular complexity index is 484. The molecule has 0 heterocycles. The molecule has 0 aliphatic rings. The fourth-order valence-electron chi connectivity index (χ4n) is 1.48. The van der Waals surface area contributed by atoms with Crippen molar-refractivity contribution in [3.8, 4) is 0 Å². The van der Waals surface area contributed by atoms with E-state index in [1.165, 1.54) is 14.0 Å². The summed E-state index contributed by atoms with van der Waals surface area (Å²) in [4.78, 5) is 27.0. The second-order valence-electron chi connectivity index (χ2n) is 4.75. The number of hydrogen-bond donors (Lipinski definition) is 0. The fraction of sp³-hybridized carbons (Fsp3) is 0.375. The lowest BCUT2D eigenvalue weighted by Gasteiger charge is -2.16. The summed E-state index contributed by atoms with van der Waals surface area (Å²) < 4.78 is 4.66. The molecule has 0 aliphatic carbocycles. The first-order valence-corrected chi connectivity index (χ1v) is 6.50. The Morgan fingerprint density at radius 3 is 1.95 bits per heavy atom. The van der Waals surface area contributed by atoms with Gasteiger partial charge in [-0.15, -0.1) is 0 Å². The van der Waals surface area contributed by atoms with Gasteiger partial charge >= 0.3 is 5.97 Å². The Morgan fingerprint density at radius 1 is 0.952 bits per heavy atom. The van der Waals surface area contributed by atoms with Gasteiger partial charge in [0.2, 0.25) is 0 Å². The lowest BCUT2D eigenvalue weighted by Crippen LogP contribution is -2.21. The zero-order valence-corrected chi connectivity index (χ0v) is 13.6. The molecule has 5 nitrogen and oxygen atoms in total. The summed E-state index contributed by atoms with van der Waals surface area (Å²) in [5.41, 5.74) is 0.548. The highest BCUT2D eigenvalue weighted by atomic mass is 16.5. The summed E-state index contributed by atoms with van der Waals surface area (Å²) >= 11 is 0. The van der Waals surface area contributed by atoms with Crippen LogP contribution in [0.3, 0.4) is 0 Å². The normalized spacial score (nSPS) is 12.9. The first-order chi connectivity index (χ1) is 9.81. The van der Waals surface area contributed by atoms with Crippen LogP contribution in [0.4, 0.5) is 0 Å². The van der Waals surface area contributed by atoms with Crippen LogP contribution >= 0.6 is 0 Å². The number of likely N-dealkylation sites (N-methyl/N-ethyl adjacent to an activating group) is 1. The topological polar surface area (TPSA) is 49.9 Å². The molecule has 0 spiro atoms. The van der Waals surface area contributed by atoms with Gasteiger partial charge in [0.1, 0.15) is 5.57 Å². The first-order valence-electron chi connectivity index (χ1n) is 6.50. The van der Waals surface area contributed by atoms with Gasteiger partial charge < -0.3 is 14.5 Å². The van der Waals surface area contributed by atoms with Crippen LogP contribution in [0.5, 0.6) is 0 Å². The molecule has 0 bridgehead atoms. The van der Waals surface area contributed by atoms with Crippen molar-refractivity contribution in [1.82, 2.24) is 9.80 Å². The van der Waals surface area contributed by atoms with E-state index in [9.17, 15) is 9.59 Å². The SMILES string of the molecule is COC(=O)C(C(C)=O)=C(C=CC=CC=CN(C)C)N(C)C. The maximum Gasteiger partial charge on any atom is 0.343 e. The highest BCUT2D eigenvalue weighted by Crippen LogP contribution is 2.12. The Labute approximate surface area is 126 Å². The van der Waals surface area contributed by atoms with Crippen molar-refractivity contribution in [2.24, 2.45) is 0 Å². The average Bonchev–Trinajstić information content (AvgIpc) is 2.39. The molecule has 0 rings (SSSR count). The lowest BCUT2D eigenvalue weighted by atomic mass is 10.1. The number of methoxy groups -OCH3 is 1. The number of rotatable bonds is 7. The number of Topliss-reactive ketones (excluding diaryl/α,β-unsaturated/α-hetero) is 1. The van der Waals surface area contributed by atoms with Crippen molar-refractivity contribution in [2.45, 2.75) is 6.92 Å². The maximum atomic E-state index is 11.7. The van der Waals surface area contributed by atoms with E-state index in [1.807, 2.05) is 43.4 Å². The summed E-state index contributed by atoms with van der Waals surface area (Å²) in [6.07, 6.45) is 10.9. The number of nitrogens with zero attached hydrogens (tertiary/aromatic N) is 2. The number of ether oxygens (including phenoxy) is 1. The number of ketones is 1. The number of allylic oxidation sites excluding steroid dienone is 5. The monoisotopic (exact) mass is 292 g/mol. The molecular formula is C16H24N2O3. The van der Waals surface area contributed by atoms with Crippen molar-refractivity contribution < 1.29 is 14.3 Å². The summed E-state index contributed by atoms with van der Waals surface area (Å²) in [5.74, 6) is -0.959. The molecule has 0 aromatic heterocycles. The van der Waals surface area contributed by atoms with Crippen LogP contribution in [-0.2, 0) is 14.3 Å². The number of carbonyl (C=O) groups excluding carboxylic acids is 2. The van der Waals surface area contributed by atoms with E-state index >= 15 is 0 Å². The van der Waals surface area contributed by atoms with Crippen LogP contribution in [0, 0.1) is 0 Å². The van der Waals surface area contributed by atoms with Crippen molar-refractivity contribution in [2.75, 3.05) is 35.3 Å². The highest BCUT2D eigenvalue weighted by Gasteiger charge is 2.20. The molecule has 0 aliphatic heterocycles. The van der Waals surface area contributed by atoms with E-state index in [1.54, 1.807) is 31.1 Å². The number of esters is 1. The quantitative estimate of drug-likeness (QED) is 0.235. The van der Waals surface area contributed by atoms with Gasteiger partial charge in [0.15, 0.2) is 5.78 Å². The Kier molecular flexibility index (Phi) is 8.53. The molecule has 0 aromatic rings. The van der Waals surface area contributed by atoms with Gasteiger partial charge in [-0.3, -0.25) is 4.79 Å². The largest absolute Gasteiger partial charge is 0.465 e. The van der Waals surface area contributed by atoms with Crippen molar-refractivity contribution >= 4 is 11.8 Å². The number of hydrogen-bond acceptors (Lipinski definition) is 5. The fourth-order valence-corrected chi connectivity index (χ4v) is 1.48. The van der Waals surface area contributed by atoms with E-state index in [2.05, 4.69) is 4.74 Å². The van der Waals surface area contributed by atoms with Gasteiger partial charge in [-0.1, -0.05) is 18.2 Å². The standard InChI is InChI=1S/C16H24N2O3/c1-13(19)15(16(20)21-6)14(18(4)5)11-9-7-8-10-12-17(2)3/h7-12H,1-6H3. The Hall–Kier alpha value is -2.30. The minimum Gasteiger partial charge on any atom is -0.465 e. The molecule has 0 fully saturated rings. The van der Waals surface area contributed by atoms with Gasteiger partial charge in [-0.2, -0.15) is 0 Å². The molecule has 0 N–H and O–H groups in total. The molecule has 0 unspecified atom stereocenters. The van der Waals surface area contributed by atoms with Crippen LogP contribution in [0.25, 0.3) is 0 Å². The zero-order valence-electron chi connectivity index (χ0n) is 13.6. The summed E-state index contributed by atoms with van der Waals surface area (Å²) in [7, 11) is 8.65. The lowest BCUT2D eigenvalue weighted by molar-refractivity contribution is -0.137. The molecule has 0 saturated carbocycles. The molecule has 116 valence electrons. The van der Waals surface area contributed by atoms with Crippen LogP contribution in [-0.4, -0.2) is 56.9 Å². The maximum absolute atomic E-state index is 11.7. The third kappa shape index (κ3) is 7.15. The Morgan fingerprint density at radius 2 is 1.52 bits per heavy atom. The van der Waals surface area contributed by atoms with E-state index in [0.717, 1.165) is 0 Å². The van der Waals surface area contributed by atoms with Crippen LogP contribution in [0.1, 0.15) is 6.92 Å². The summed E-state index contributed by atoms with van der Waals surface area (Å²) in [6.45, 7) is 1.35. The molecule has 0 radical (unpaired) electrons. The van der Waals surface area contributed by atoms with Gasteiger partial charge in [0.25, 0.3) is 0 Å². The molecule has 0 atom stereocenters. The van der Waals surface area contributed by atoms with Gasteiger partial charge in [0.05, 0.1) is 12.8 Å². The summed E-state index contributed by atoms with van der Waals surface area (Å²) in [6, 6.07) is 0. The van der Waals surface area contributed by atoms with Gasteiger partial charge in [0, 0.05) is 28.2 Å². The summed E-state index contributed by atoms with van der Waals surface area (Å²) in [5, 5.41) is 0. The molecule has 0 amide bonds. The van der Waals surface area contributed by atoms with Crippen LogP contribution in [0.15, 0.2) is 47.9 Å². The molecule has 0 saturated heterocycles. The highest BCUT2D eigenvalue weighted by molar-refractivity contribution is 6.17. The third-order valence-corrected chi connectivity index (χ3v) is 2.45. The zero-order chi connectivity index (χ0) is 16.4. The second-order valence-corrected chi connectivity index (χ2v) is 4.75. The third-order valence-electron chi connectivity index (χ3n) is 2.45. The van der Waals surface area contributed by atoms with Crippen molar-refractivity contribution in [3.63, 3.8) is 0 Å². The van der Waals surface area contributed by atoms with Gasteiger partial charge in [-0.05, 0) is 25.3 Å². The second kappa shape index (κ2) is 9.58. The predicted octanol–water partition coefficient (Wildman–Crippen LogP) is 1.75. The van der Waals surface area contributed by atoms with Crippen molar-refractivity contribution in [1.29, 1.82) is 0 Å². The molecule has 0 aromatic carbocycles. The smallest absolute Gasteiger partial charge is 0.343 e. The van der Waals surface area contributed by atoms with E-state index in [4.69, 9.17) is 0 Å². The first kappa shape index (κ1) is 18.7. The van der Waals surface area contributed by atoms with Crippen LogP contribution in [0.2, 0.25) is 0 Å². The van der Waals surface area contributed by atoms with Crippen molar-refractivity contribution in [3.05, 3.63) is 47.9 Å². The predicted molar refractivity (Wildman–Crippen MR) is 84.5 cm³/mol. The molecule has 21 heavy (non-hydrogen) atoms. The minimum atomic E-state index is -0.632. The van der Waals surface area contributed by atoms with E-state index in [-0.39, 0.29) is 11.4 Å².